The van der Waals surface area contributed by atoms with Gasteiger partial charge in [0.25, 0.3) is 5.91 Å². The van der Waals surface area contributed by atoms with E-state index in [2.05, 4.69) is 15.3 Å². The third-order valence-electron chi connectivity index (χ3n) is 4.43. The lowest BCUT2D eigenvalue weighted by molar-refractivity contribution is -0.129. The first-order valence-corrected chi connectivity index (χ1v) is 8.79. The summed E-state index contributed by atoms with van der Waals surface area (Å²) in [4.78, 5) is 36.2. The molecule has 0 saturated carbocycles. The van der Waals surface area contributed by atoms with Crippen molar-refractivity contribution >= 4 is 17.8 Å². The first-order chi connectivity index (χ1) is 12.6. The summed E-state index contributed by atoms with van der Waals surface area (Å²) in [5, 5.41) is 2.90. The van der Waals surface area contributed by atoms with Gasteiger partial charge in [0, 0.05) is 45.8 Å². The van der Waals surface area contributed by atoms with Crippen LogP contribution in [0.25, 0.3) is 0 Å². The summed E-state index contributed by atoms with van der Waals surface area (Å²) in [5.74, 6) is 0.410. The topological polar surface area (TPSA) is 78.4 Å². The Balaban J connectivity index is 1.55. The predicted molar refractivity (Wildman–Crippen MR) is 99.0 cm³/mol. The van der Waals surface area contributed by atoms with Gasteiger partial charge >= 0.3 is 0 Å². The van der Waals surface area contributed by atoms with Crippen LogP contribution in [0.15, 0.2) is 42.6 Å². The van der Waals surface area contributed by atoms with Crippen LogP contribution in [0.2, 0.25) is 0 Å². The van der Waals surface area contributed by atoms with E-state index < -0.39 is 0 Å². The van der Waals surface area contributed by atoms with Crippen molar-refractivity contribution in [1.82, 2.24) is 20.2 Å². The van der Waals surface area contributed by atoms with E-state index in [9.17, 15) is 9.59 Å². The molecular weight excluding hydrogens is 330 g/mol. The molecule has 0 unspecified atom stereocenters. The van der Waals surface area contributed by atoms with E-state index in [4.69, 9.17) is 0 Å². The van der Waals surface area contributed by atoms with Crippen LogP contribution in [-0.4, -0.2) is 59.4 Å². The Bertz CT molecular complexity index is 758. The van der Waals surface area contributed by atoms with Crippen molar-refractivity contribution in [3.63, 3.8) is 0 Å². The van der Waals surface area contributed by atoms with Gasteiger partial charge in [-0.3, -0.25) is 9.59 Å². The highest BCUT2D eigenvalue weighted by molar-refractivity contribution is 5.92. The lowest BCUT2D eigenvalue weighted by Crippen LogP contribution is -2.48. The highest BCUT2D eigenvalue weighted by atomic mass is 16.2. The van der Waals surface area contributed by atoms with Crippen molar-refractivity contribution in [1.29, 1.82) is 0 Å². The van der Waals surface area contributed by atoms with Gasteiger partial charge in [-0.1, -0.05) is 30.3 Å². The molecule has 1 aliphatic rings. The number of carbonyl (C=O) groups excluding carboxylic acids is 2. The zero-order chi connectivity index (χ0) is 18.4. The van der Waals surface area contributed by atoms with E-state index >= 15 is 0 Å². The summed E-state index contributed by atoms with van der Waals surface area (Å²) in [5.41, 5.74) is 1.54. The molecule has 0 aliphatic carbocycles. The fraction of sp³-hybridized carbons (Fsp3) is 0.368. The number of nitrogens with zero attached hydrogens (tertiary/aromatic N) is 4. The molecule has 1 saturated heterocycles. The van der Waals surface area contributed by atoms with Crippen LogP contribution in [0.3, 0.4) is 0 Å². The summed E-state index contributed by atoms with van der Waals surface area (Å²) in [6.45, 7) is 4.75. The first-order valence-electron chi connectivity index (χ1n) is 8.79. The Kier molecular flexibility index (Phi) is 5.78. The SMILES string of the molecule is CC(=O)N1CCN(c2nccc(C(=O)NCCc3ccccc3)n2)CC1. The van der Waals surface area contributed by atoms with Crippen molar-refractivity contribution in [3.05, 3.63) is 53.9 Å². The Morgan fingerprint density at radius 3 is 2.50 bits per heavy atom. The van der Waals surface area contributed by atoms with Gasteiger partial charge < -0.3 is 15.1 Å². The van der Waals surface area contributed by atoms with Crippen molar-refractivity contribution in [2.75, 3.05) is 37.6 Å². The molecule has 1 aromatic heterocycles. The van der Waals surface area contributed by atoms with Crippen LogP contribution >= 0.6 is 0 Å². The van der Waals surface area contributed by atoms with E-state index in [1.807, 2.05) is 35.2 Å². The second-order valence-corrected chi connectivity index (χ2v) is 6.23. The van der Waals surface area contributed by atoms with Gasteiger partial charge in [-0.25, -0.2) is 9.97 Å². The minimum absolute atomic E-state index is 0.0807. The van der Waals surface area contributed by atoms with Crippen molar-refractivity contribution in [2.45, 2.75) is 13.3 Å². The molecule has 2 heterocycles. The molecule has 2 amide bonds. The van der Waals surface area contributed by atoms with Gasteiger partial charge in [0.05, 0.1) is 0 Å². The number of hydrogen-bond acceptors (Lipinski definition) is 5. The third-order valence-corrected chi connectivity index (χ3v) is 4.43. The van der Waals surface area contributed by atoms with E-state index in [1.54, 1.807) is 24.1 Å². The lowest BCUT2D eigenvalue weighted by Gasteiger charge is -2.34. The largest absolute Gasteiger partial charge is 0.350 e. The summed E-state index contributed by atoms with van der Waals surface area (Å²) in [6, 6.07) is 11.6. The lowest BCUT2D eigenvalue weighted by atomic mass is 10.1. The standard InChI is InChI=1S/C19H23N5O2/c1-15(25)23-11-13-24(14-12-23)19-21-10-8-17(22-19)18(26)20-9-7-16-5-3-2-4-6-16/h2-6,8,10H,7,9,11-14H2,1H3,(H,20,26). The monoisotopic (exact) mass is 353 g/mol. The van der Waals surface area contributed by atoms with E-state index in [1.165, 1.54) is 5.56 Å². The predicted octanol–water partition coefficient (Wildman–Crippen LogP) is 1.12. The maximum atomic E-state index is 12.3. The summed E-state index contributed by atoms with van der Waals surface area (Å²) in [7, 11) is 0. The number of piperazine rings is 1. The quantitative estimate of drug-likeness (QED) is 0.871. The Labute approximate surface area is 153 Å². The minimum atomic E-state index is -0.202. The van der Waals surface area contributed by atoms with Crippen molar-refractivity contribution in [3.8, 4) is 0 Å². The van der Waals surface area contributed by atoms with Gasteiger partial charge in [-0.15, -0.1) is 0 Å². The molecule has 1 N–H and O–H groups in total. The van der Waals surface area contributed by atoms with Gasteiger partial charge in [0.1, 0.15) is 5.69 Å². The molecule has 7 nitrogen and oxygen atoms in total. The molecule has 2 aromatic rings. The Morgan fingerprint density at radius 1 is 1.08 bits per heavy atom. The van der Waals surface area contributed by atoms with Gasteiger partial charge in [0.2, 0.25) is 11.9 Å². The van der Waals surface area contributed by atoms with Crippen LogP contribution in [-0.2, 0) is 11.2 Å². The number of anilines is 1. The average Bonchev–Trinajstić information content (AvgIpc) is 2.69. The van der Waals surface area contributed by atoms with Crippen LogP contribution < -0.4 is 10.2 Å². The van der Waals surface area contributed by atoms with Crippen molar-refractivity contribution in [2.24, 2.45) is 0 Å². The van der Waals surface area contributed by atoms with E-state index in [-0.39, 0.29) is 11.8 Å². The van der Waals surface area contributed by atoms with Gasteiger partial charge in [0.15, 0.2) is 0 Å². The molecule has 136 valence electrons. The number of nitrogens with one attached hydrogen (secondary N) is 1. The second-order valence-electron chi connectivity index (χ2n) is 6.23. The number of benzene rings is 1. The minimum Gasteiger partial charge on any atom is -0.350 e. The van der Waals surface area contributed by atoms with Crippen LogP contribution in [0, 0.1) is 0 Å². The molecule has 1 fully saturated rings. The molecule has 1 aliphatic heterocycles. The summed E-state index contributed by atoms with van der Waals surface area (Å²) >= 11 is 0. The highest BCUT2D eigenvalue weighted by Gasteiger charge is 2.21. The molecule has 3 rings (SSSR count). The smallest absolute Gasteiger partial charge is 0.270 e. The van der Waals surface area contributed by atoms with Crippen molar-refractivity contribution < 1.29 is 9.59 Å². The molecule has 0 atom stereocenters. The third kappa shape index (κ3) is 4.56. The number of amides is 2. The van der Waals surface area contributed by atoms with Crippen LogP contribution in [0.5, 0.6) is 0 Å². The molecular formula is C19H23N5O2. The summed E-state index contributed by atoms with van der Waals surface area (Å²) < 4.78 is 0. The number of rotatable bonds is 5. The number of aromatic nitrogens is 2. The van der Waals surface area contributed by atoms with E-state index in [0.29, 0.717) is 44.4 Å². The zero-order valence-corrected chi connectivity index (χ0v) is 14.9. The average molecular weight is 353 g/mol. The fourth-order valence-electron chi connectivity index (χ4n) is 2.90. The highest BCUT2D eigenvalue weighted by Crippen LogP contribution is 2.11. The maximum Gasteiger partial charge on any atom is 0.270 e. The molecule has 0 spiro atoms. The van der Waals surface area contributed by atoms with Gasteiger partial charge in [-0.2, -0.15) is 0 Å². The molecule has 0 radical (unpaired) electrons. The number of hydrogen-bond donors (Lipinski definition) is 1. The second kappa shape index (κ2) is 8.42. The molecule has 1 aromatic carbocycles. The molecule has 0 bridgehead atoms. The maximum absolute atomic E-state index is 12.3. The molecule has 7 heteroatoms. The fourth-order valence-corrected chi connectivity index (χ4v) is 2.90. The van der Waals surface area contributed by atoms with Crippen LogP contribution in [0.4, 0.5) is 5.95 Å². The normalized spacial score (nSPS) is 14.2. The number of carbonyl (C=O) groups is 2. The Hall–Kier alpha value is -2.96. The molecule has 26 heavy (non-hydrogen) atoms. The van der Waals surface area contributed by atoms with Gasteiger partial charge in [-0.05, 0) is 18.1 Å². The zero-order valence-electron chi connectivity index (χ0n) is 14.9. The van der Waals surface area contributed by atoms with Crippen LogP contribution in [0.1, 0.15) is 23.0 Å². The van der Waals surface area contributed by atoms with E-state index in [0.717, 1.165) is 6.42 Å². The summed E-state index contributed by atoms with van der Waals surface area (Å²) in [6.07, 6.45) is 2.38. The first kappa shape index (κ1) is 17.8. The Morgan fingerprint density at radius 2 is 1.81 bits per heavy atom.